The van der Waals surface area contributed by atoms with Crippen LogP contribution in [0, 0.1) is 17.3 Å². The van der Waals surface area contributed by atoms with Gasteiger partial charge in [0, 0.05) is 5.41 Å². The Bertz CT molecular complexity index is 217. The molecule has 0 aromatic rings. The van der Waals surface area contributed by atoms with Gasteiger partial charge in [-0.2, -0.15) is 0 Å². The fraction of sp³-hybridized carbons (Fsp3) is 0.867. The van der Waals surface area contributed by atoms with E-state index in [9.17, 15) is 0 Å². The highest BCUT2D eigenvalue weighted by atomic mass is 16.3. The minimum atomic E-state index is -0.126. The predicted molar refractivity (Wildman–Crippen MR) is 71.2 cm³/mol. The molecule has 0 amide bonds. The monoisotopic (exact) mass is 224 g/mol. The van der Waals surface area contributed by atoms with E-state index in [4.69, 9.17) is 5.11 Å². The molecule has 94 valence electrons. The van der Waals surface area contributed by atoms with E-state index in [0.717, 1.165) is 12.8 Å². The molecule has 0 aromatic carbocycles. The minimum Gasteiger partial charge on any atom is -0.393 e. The molecule has 0 heterocycles. The average Bonchev–Trinajstić information content (AvgIpc) is 2.15. The summed E-state index contributed by atoms with van der Waals surface area (Å²) < 4.78 is 0. The lowest BCUT2D eigenvalue weighted by molar-refractivity contribution is 0.180. The van der Waals surface area contributed by atoms with Gasteiger partial charge < -0.3 is 5.11 Å². The molecule has 0 rings (SSSR count). The van der Waals surface area contributed by atoms with Gasteiger partial charge in [-0.3, -0.25) is 0 Å². The van der Waals surface area contributed by atoms with Gasteiger partial charge in [0.05, 0.1) is 6.10 Å². The molecule has 0 bridgehead atoms. The van der Waals surface area contributed by atoms with Crippen LogP contribution in [0.5, 0.6) is 0 Å². The van der Waals surface area contributed by atoms with E-state index in [0.29, 0.717) is 0 Å². The van der Waals surface area contributed by atoms with Gasteiger partial charge in [-0.1, -0.05) is 38.0 Å². The molecule has 0 fully saturated rings. The first-order valence-electron chi connectivity index (χ1n) is 6.60. The van der Waals surface area contributed by atoms with Crippen molar-refractivity contribution in [2.45, 2.75) is 78.7 Å². The Morgan fingerprint density at radius 3 is 2.19 bits per heavy atom. The largest absolute Gasteiger partial charge is 0.393 e. The van der Waals surface area contributed by atoms with Crippen LogP contribution in [0.4, 0.5) is 0 Å². The molecule has 0 aliphatic rings. The van der Waals surface area contributed by atoms with E-state index < -0.39 is 0 Å². The number of unbranched alkanes of at least 4 members (excludes halogenated alkanes) is 4. The molecule has 16 heavy (non-hydrogen) atoms. The third-order valence-electron chi connectivity index (χ3n) is 2.89. The fourth-order valence-electron chi connectivity index (χ4n) is 1.94. The van der Waals surface area contributed by atoms with E-state index in [1.54, 1.807) is 0 Å². The maximum absolute atomic E-state index is 9.11. The van der Waals surface area contributed by atoms with Crippen molar-refractivity contribution in [3.63, 3.8) is 0 Å². The molecule has 0 aromatic heterocycles. The van der Waals surface area contributed by atoms with Crippen molar-refractivity contribution in [3.05, 3.63) is 0 Å². The summed E-state index contributed by atoms with van der Waals surface area (Å²) in [5.41, 5.74) is 0.189. The topological polar surface area (TPSA) is 20.2 Å². The van der Waals surface area contributed by atoms with Gasteiger partial charge >= 0.3 is 0 Å². The number of rotatable bonds is 8. The van der Waals surface area contributed by atoms with Crippen LogP contribution in [0.15, 0.2) is 0 Å². The number of hydrogen-bond donors (Lipinski definition) is 1. The first-order chi connectivity index (χ1) is 7.48. The van der Waals surface area contributed by atoms with Crippen molar-refractivity contribution in [2.75, 3.05) is 0 Å². The lowest BCUT2D eigenvalue weighted by Gasteiger charge is -2.16. The van der Waals surface area contributed by atoms with E-state index in [2.05, 4.69) is 25.7 Å². The highest BCUT2D eigenvalue weighted by Gasteiger charge is 2.12. The zero-order valence-corrected chi connectivity index (χ0v) is 11.5. The summed E-state index contributed by atoms with van der Waals surface area (Å²) in [5, 5.41) is 9.11. The standard InChI is InChI=1S/C15H28O/c1-5-12-15(3,4)13-10-8-6-7-9-11-14(2)16/h14,16H,6-11,13H2,1-4H3. The molecular weight excluding hydrogens is 196 g/mol. The average molecular weight is 224 g/mol. The Hall–Kier alpha value is -0.480. The van der Waals surface area contributed by atoms with E-state index in [1.165, 1.54) is 32.1 Å². The van der Waals surface area contributed by atoms with Crippen LogP contribution in [0.1, 0.15) is 72.6 Å². The zero-order chi connectivity index (χ0) is 12.4. The quantitative estimate of drug-likeness (QED) is 0.485. The number of aliphatic hydroxyl groups is 1. The van der Waals surface area contributed by atoms with Crippen LogP contribution in [0.25, 0.3) is 0 Å². The number of aliphatic hydroxyl groups excluding tert-OH is 1. The van der Waals surface area contributed by atoms with E-state index >= 15 is 0 Å². The third-order valence-corrected chi connectivity index (χ3v) is 2.89. The van der Waals surface area contributed by atoms with Crippen LogP contribution in [-0.4, -0.2) is 11.2 Å². The summed E-state index contributed by atoms with van der Waals surface area (Å²) >= 11 is 0. The zero-order valence-electron chi connectivity index (χ0n) is 11.5. The molecule has 0 saturated carbocycles. The Balaban J connectivity index is 3.36. The fourth-order valence-corrected chi connectivity index (χ4v) is 1.94. The maximum atomic E-state index is 9.11. The summed E-state index contributed by atoms with van der Waals surface area (Å²) in [7, 11) is 0. The highest BCUT2D eigenvalue weighted by molar-refractivity contribution is 5.06. The molecule has 1 atom stereocenters. The summed E-state index contributed by atoms with van der Waals surface area (Å²) in [5.74, 6) is 6.26. The van der Waals surface area contributed by atoms with Crippen molar-refractivity contribution in [3.8, 4) is 11.8 Å². The first kappa shape index (κ1) is 15.5. The second-order valence-electron chi connectivity index (χ2n) is 5.41. The summed E-state index contributed by atoms with van der Waals surface area (Å²) in [6.07, 6.45) is 8.31. The predicted octanol–water partition coefficient (Wildman–Crippen LogP) is 4.15. The van der Waals surface area contributed by atoms with Gasteiger partial charge in [0.25, 0.3) is 0 Å². The summed E-state index contributed by atoms with van der Waals surface area (Å²) in [6, 6.07) is 0. The van der Waals surface area contributed by atoms with Crippen molar-refractivity contribution in [1.29, 1.82) is 0 Å². The van der Waals surface area contributed by atoms with Gasteiger partial charge in [-0.25, -0.2) is 0 Å². The Morgan fingerprint density at radius 1 is 1.06 bits per heavy atom. The van der Waals surface area contributed by atoms with Crippen LogP contribution in [0.2, 0.25) is 0 Å². The van der Waals surface area contributed by atoms with Crippen molar-refractivity contribution < 1.29 is 5.11 Å². The van der Waals surface area contributed by atoms with Crippen LogP contribution in [-0.2, 0) is 0 Å². The van der Waals surface area contributed by atoms with Gasteiger partial charge in [0.15, 0.2) is 0 Å². The molecule has 1 unspecified atom stereocenters. The molecule has 0 radical (unpaired) electrons. The Labute approximate surface area is 102 Å². The van der Waals surface area contributed by atoms with Gasteiger partial charge in [-0.15, -0.1) is 5.92 Å². The molecular formula is C15H28O. The van der Waals surface area contributed by atoms with Crippen LogP contribution < -0.4 is 0 Å². The van der Waals surface area contributed by atoms with Crippen molar-refractivity contribution >= 4 is 0 Å². The van der Waals surface area contributed by atoms with E-state index in [-0.39, 0.29) is 11.5 Å². The van der Waals surface area contributed by atoms with Gasteiger partial charge in [0.1, 0.15) is 0 Å². The Kier molecular flexibility index (Phi) is 8.39. The molecule has 1 nitrogen and oxygen atoms in total. The number of hydrogen-bond acceptors (Lipinski definition) is 1. The minimum absolute atomic E-state index is 0.126. The Morgan fingerprint density at radius 2 is 1.62 bits per heavy atom. The lowest BCUT2D eigenvalue weighted by Crippen LogP contribution is -2.07. The van der Waals surface area contributed by atoms with Crippen LogP contribution in [0.3, 0.4) is 0 Å². The summed E-state index contributed by atoms with van der Waals surface area (Å²) in [6.45, 7) is 8.22. The van der Waals surface area contributed by atoms with Crippen LogP contribution >= 0.6 is 0 Å². The molecule has 0 spiro atoms. The molecule has 0 aliphatic heterocycles. The van der Waals surface area contributed by atoms with E-state index in [1.807, 2.05) is 13.8 Å². The second kappa shape index (κ2) is 8.65. The first-order valence-corrected chi connectivity index (χ1v) is 6.60. The molecule has 1 heteroatoms. The third kappa shape index (κ3) is 10.1. The summed E-state index contributed by atoms with van der Waals surface area (Å²) in [4.78, 5) is 0. The van der Waals surface area contributed by atoms with Crippen molar-refractivity contribution in [1.82, 2.24) is 0 Å². The normalized spacial score (nSPS) is 13.1. The van der Waals surface area contributed by atoms with Gasteiger partial charge in [0.2, 0.25) is 0 Å². The lowest BCUT2D eigenvalue weighted by atomic mass is 9.87. The molecule has 0 aliphatic carbocycles. The molecule has 0 saturated heterocycles. The smallest absolute Gasteiger partial charge is 0.0512 e. The SMILES string of the molecule is CC#CC(C)(C)CCCCCCCC(C)O. The highest BCUT2D eigenvalue weighted by Crippen LogP contribution is 2.23. The molecule has 1 N–H and O–H groups in total. The van der Waals surface area contributed by atoms with Crippen molar-refractivity contribution in [2.24, 2.45) is 5.41 Å². The second-order valence-corrected chi connectivity index (χ2v) is 5.41. The van der Waals surface area contributed by atoms with Gasteiger partial charge in [-0.05, 0) is 40.5 Å². The maximum Gasteiger partial charge on any atom is 0.0512 e.